The van der Waals surface area contributed by atoms with E-state index in [2.05, 4.69) is 15.9 Å². The Morgan fingerprint density at radius 3 is 2.63 bits per heavy atom. The maximum absolute atomic E-state index is 13.1. The zero-order chi connectivity index (χ0) is 14.5. The summed E-state index contributed by atoms with van der Waals surface area (Å²) in [5.41, 5.74) is 0. The molecule has 0 fully saturated rings. The van der Waals surface area contributed by atoms with Crippen LogP contribution in [0.1, 0.15) is 19.3 Å². The molecule has 0 atom stereocenters. The molecule has 0 spiro atoms. The zero-order valence-electron chi connectivity index (χ0n) is 10.6. The second-order valence-corrected chi connectivity index (χ2v) is 7.36. The molecule has 3 nitrogen and oxygen atoms in total. The second-order valence-electron chi connectivity index (χ2n) is 4.15. The van der Waals surface area contributed by atoms with Crippen LogP contribution in [0.25, 0.3) is 0 Å². The van der Waals surface area contributed by atoms with Crippen molar-refractivity contribution >= 4 is 37.6 Å². The van der Waals surface area contributed by atoms with Gasteiger partial charge in [0.15, 0.2) is 0 Å². The van der Waals surface area contributed by atoms with Crippen LogP contribution >= 0.6 is 27.5 Å². The van der Waals surface area contributed by atoms with E-state index in [9.17, 15) is 12.8 Å². The first-order valence-electron chi connectivity index (χ1n) is 5.87. The van der Waals surface area contributed by atoms with Crippen LogP contribution in [0.5, 0.6) is 0 Å². The molecule has 0 saturated carbocycles. The first-order chi connectivity index (χ1) is 8.89. The van der Waals surface area contributed by atoms with E-state index >= 15 is 0 Å². The van der Waals surface area contributed by atoms with E-state index in [0.717, 1.165) is 36.7 Å². The van der Waals surface area contributed by atoms with Crippen LogP contribution < -0.4 is 0 Å². The van der Waals surface area contributed by atoms with Crippen LogP contribution in [0.15, 0.2) is 23.1 Å². The third-order valence-electron chi connectivity index (χ3n) is 2.69. The van der Waals surface area contributed by atoms with Gasteiger partial charge in [0.1, 0.15) is 10.7 Å². The molecule has 0 bridgehead atoms. The highest BCUT2D eigenvalue weighted by atomic mass is 79.9. The van der Waals surface area contributed by atoms with Crippen molar-refractivity contribution < 1.29 is 12.8 Å². The second kappa shape index (κ2) is 7.57. The van der Waals surface area contributed by atoms with Crippen LogP contribution in [0.2, 0.25) is 5.02 Å². The zero-order valence-corrected chi connectivity index (χ0v) is 13.7. The number of benzene rings is 1. The van der Waals surface area contributed by atoms with Crippen LogP contribution in [-0.2, 0) is 10.0 Å². The Hall–Kier alpha value is -0.170. The van der Waals surface area contributed by atoms with Crippen LogP contribution in [0, 0.1) is 5.82 Å². The minimum absolute atomic E-state index is 0.0358. The third-order valence-corrected chi connectivity index (χ3v) is 5.59. The van der Waals surface area contributed by atoms with E-state index in [1.54, 1.807) is 0 Å². The summed E-state index contributed by atoms with van der Waals surface area (Å²) in [7, 11) is -2.25. The van der Waals surface area contributed by atoms with E-state index in [1.807, 2.05) is 0 Å². The molecule has 1 aromatic rings. The average Bonchev–Trinajstić information content (AvgIpc) is 2.37. The fourth-order valence-corrected chi connectivity index (χ4v) is 3.66. The molecule has 0 saturated heterocycles. The van der Waals surface area contributed by atoms with Gasteiger partial charge in [0.2, 0.25) is 10.0 Å². The van der Waals surface area contributed by atoms with Crippen molar-refractivity contribution in [3.63, 3.8) is 0 Å². The molecule has 108 valence electrons. The minimum Gasteiger partial charge on any atom is -0.207 e. The number of nitrogens with zero attached hydrogens (tertiary/aromatic N) is 1. The van der Waals surface area contributed by atoms with E-state index in [4.69, 9.17) is 11.6 Å². The fraction of sp³-hybridized carbons (Fsp3) is 0.500. The monoisotopic (exact) mass is 371 g/mol. The standard InChI is InChI=1S/C12H16BrClFNO2S/c1-16(8-4-2-3-7-13)19(17,18)12-9-10(15)5-6-11(12)14/h5-6,9H,2-4,7-8H2,1H3. The van der Waals surface area contributed by atoms with Gasteiger partial charge in [-0.25, -0.2) is 17.1 Å². The molecule has 0 amide bonds. The summed E-state index contributed by atoms with van der Waals surface area (Å²) in [6.45, 7) is 0.391. The van der Waals surface area contributed by atoms with Crippen molar-refractivity contribution in [1.82, 2.24) is 4.31 Å². The van der Waals surface area contributed by atoms with Gasteiger partial charge in [-0.3, -0.25) is 0 Å². The van der Waals surface area contributed by atoms with Crippen LogP contribution in [-0.4, -0.2) is 31.6 Å². The Balaban J connectivity index is 2.82. The van der Waals surface area contributed by atoms with Crippen LogP contribution in [0.4, 0.5) is 4.39 Å². The summed E-state index contributed by atoms with van der Waals surface area (Å²) in [5.74, 6) is -0.615. The van der Waals surface area contributed by atoms with Crippen molar-refractivity contribution in [3.8, 4) is 0 Å². The SMILES string of the molecule is CN(CCCCCBr)S(=O)(=O)c1cc(F)ccc1Cl. The maximum atomic E-state index is 13.1. The lowest BCUT2D eigenvalue weighted by molar-refractivity contribution is 0.454. The van der Waals surface area contributed by atoms with E-state index in [0.29, 0.717) is 6.54 Å². The number of hydrogen-bond donors (Lipinski definition) is 0. The maximum Gasteiger partial charge on any atom is 0.244 e. The molecule has 0 N–H and O–H groups in total. The largest absolute Gasteiger partial charge is 0.244 e. The molecule has 1 aromatic carbocycles. The Morgan fingerprint density at radius 2 is 2.00 bits per heavy atom. The van der Waals surface area contributed by atoms with Gasteiger partial charge >= 0.3 is 0 Å². The number of unbranched alkanes of at least 4 members (excludes halogenated alkanes) is 2. The Bertz CT molecular complexity index is 524. The fourth-order valence-electron chi connectivity index (χ4n) is 1.57. The Kier molecular flexibility index (Phi) is 6.73. The van der Waals surface area contributed by atoms with Gasteiger partial charge < -0.3 is 0 Å². The summed E-state index contributed by atoms with van der Waals surface area (Å²) in [6, 6.07) is 3.34. The molecule has 0 unspecified atom stereocenters. The van der Waals surface area contributed by atoms with Crippen molar-refractivity contribution in [2.75, 3.05) is 18.9 Å². The van der Waals surface area contributed by atoms with E-state index in [-0.39, 0.29) is 9.92 Å². The highest BCUT2D eigenvalue weighted by molar-refractivity contribution is 9.09. The highest BCUT2D eigenvalue weighted by Crippen LogP contribution is 2.25. The third kappa shape index (κ3) is 4.70. The summed E-state index contributed by atoms with van der Waals surface area (Å²) in [6.07, 6.45) is 2.69. The van der Waals surface area contributed by atoms with Gasteiger partial charge in [-0.2, -0.15) is 0 Å². The molecule has 0 aliphatic heterocycles. The summed E-state index contributed by atoms with van der Waals surface area (Å²) >= 11 is 9.15. The summed E-state index contributed by atoms with van der Waals surface area (Å²) in [5, 5.41) is 0.938. The Morgan fingerprint density at radius 1 is 1.32 bits per heavy atom. The number of alkyl halides is 1. The number of hydrogen-bond acceptors (Lipinski definition) is 2. The predicted molar refractivity (Wildman–Crippen MR) is 78.9 cm³/mol. The van der Waals surface area contributed by atoms with Gasteiger partial charge in [0, 0.05) is 18.9 Å². The molecular weight excluding hydrogens is 357 g/mol. The molecule has 7 heteroatoms. The van der Waals surface area contributed by atoms with Crippen LogP contribution in [0.3, 0.4) is 0 Å². The lowest BCUT2D eigenvalue weighted by Crippen LogP contribution is -2.28. The normalized spacial score (nSPS) is 12.1. The topological polar surface area (TPSA) is 37.4 Å². The van der Waals surface area contributed by atoms with E-state index in [1.165, 1.54) is 17.4 Å². The molecule has 0 heterocycles. The van der Waals surface area contributed by atoms with Gasteiger partial charge in [-0.15, -0.1) is 0 Å². The first-order valence-corrected chi connectivity index (χ1v) is 8.81. The van der Waals surface area contributed by atoms with Gasteiger partial charge in [-0.05, 0) is 31.0 Å². The smallest absolute Gasteiger partial charge is 0.207 e. The molecular formula is C12H16BrClFNO2S. The number of halogens is 3. The summed E-state index contributed by atoms with van der Waals surface area (Å²) in [4.78, 5) is -0.183. The minimum atomic E-state index is -3.73. The van der Waals surface area contributed by atoms with Gasteiger partial charge in [-0.1, -0.05) is 34.0 Å². The number of sulfonamides is 1. The van der Waals surface area contributed by atoms with Crippen molar-refractivity contribution in [1.29, 1.82) is 0 Å². The quantitative estimate of drug-likeness (QED) is 0.541. The van der Waals surface area contributed by atoms with Gasteiger partial charge in [0.05, 0.1) is 5.02 Å². The van der Waals surface area contributed by atoms with Crippen molar-refractivity contribution in [2.45, 2.75) is 24.2 Å². The lowest BCUT2D eigenvalue weighted by Gasteiger charge is -2.17. The Labute approximate surface area is 126 Å². The predicted octanol–water partition coefficient (Wildman–Crippen LogP) is 3.66. The average molecular weight is 373 g/mol. The molecule has 1 rings (SSSR count). The number of rotatable bonds is 7. The highest BCUT2D eigenvalue weighted by Gasteiger charge is 2.23. The van der Waals surface area contributed by atoms with Gasteiger partial charge in [0.25, 0.3) is 0 Å². The molecule has 0 aliphatic carbocycles. The lowest BCUT2D eigenvalue weighted by atomic mass is 10.2. The molecule has 19 heavy (non-hydrogen) atoms. The summed E-state index contributed by atoms with van der Waals surface area (Å²) < 4.78 is 38.8. The molecule has 0 radical (unpaired) electrons. The first kappa shape index (κ1) is 16.9. The van der Waals surface area contributed by atoms with Crippen molar-refractivity contribution in [2.24, 2.45) is 0 Å². The van der Waals surface area contributed by atoms with Crippen molar-refractivity contribution in [3.05, 3.63) is 29.0 Å². The van der Waals surface area contributed by atoms with E-state index < -0.39 is 15.8 Å². The molecule has 0 aromatic heterocycles. The molecule has 0 aliphatic rings.